The van der Waals surface area contributed by atoms with Gasteiger partial charge in [0.25, 0.3) is 0 Å². The number of rotatable bonds is 3. The van der Waals surface area contributed by atoms with Crippen LogP contribution in [-0.2, 0) is 6.18 Å². The summed E-state index contributed by atoms with van der Waals surface area (Å²) < 4.78 is 43.8. The van der Waals surface area contributed by atoms with E-state index in [4.69, 9.17) is 9.52 Å². The third-order valence-corrected chi connectivity index (χ3v) is 2.59. The Morgan fingerprint density at radius 2 is 1.90 bits per heavy atom. The molecule has 0 spiro atoms. The molecule has 0 aliphatic rings. The molecule has 0 fully saturated rings. The Hall–Kier alpha value is -2.57. The van der Waals surface area contributed by atoms with Crippen LogP contribution in [0.15, 0.2) is 34.7 Å². The number of aromatic carboxylic acids is 1. The van der Waals surface area contributed by atoms with E-state index in [1.807, 2.05) is 0 Å². The van der Waals surface area contributed by atoms with Crippen molar-refractivity contribution in [2.24, 2.45) is 0 Å². The summed E-state index contributed by atoms with van der Waals surface area (Å²) in [4.78, 5) is 21.6. The van der Waals surface area contributed by atoms with E-state index in [0.29, 0.717) is 6.29 Å². The molecule has 0 saturated carbocycles. The van der Waals surface area contributed by atoms with Crippen LogP contribution in [0.25, 0.3) is 11.3 Å². The predicted octanol–water partition coefficient (Wildman–Crippen LogP) is 3.48. The standard InChI is InChI=1S/C13H7F3O4/c14-13(15,16)9-3-1-2-8(12(18)19)11(9)10-5-4-7(6-17)20-10/h1-6H,(H,18,19). The molecule has 0 bridgehead atoms. The van der Waals surface area contributed by atoms with Gasteiger partial charge in [-0.05, 0) is 24.3 Å². The van der Waals surface area contributed by atoms with E-state index >= 15 is 0 Å². The van der Waals surface area contributed by atoms with Crippen LogP contribution in [0.1, 0.15) is 26.5 Å². The highest BCUT2D eigenvalue weighted by atomic mass is 19.4. The molecular weight excluding hydrogens is 277 g/mol. The minimum Gasteiger partial charge on any atom is -0.478 e. The molecule has 0 atom stereocenters. The summed E-state index contributed by atoms with van der Waals surface area (Å²) in [6, 6.07) is 5.09. The Kier molecular flexibility index (Phi) is 3.35. The Morgan fingerprint density at radius 3 is 2.40 bits per heavy atom. The zero-order chi connectivity index (χ0) is 14.9. The van der Waals surface area contributed by atoms with Crippen molar-refractivity contribution in [3.8, 4) is 11.3 Å². The van der Waals surface area contributed by atoms with Gasteiger partial charge in [0, 0.05) is 5.56 Å². The number of hydrogen-bond acceptors (Lipinski definition) is 3. The first-order valence-corrected chi connectivity index (χ1v) is 5.33. The van der Waals surface area contributed by atoms with E-state index in [2.05, 4.69) is 0 Å². The summed E-state index contributed by atoms with van der Waals surface area (Å²) in [5.41, 5.74) is -2.28. The lowest BCUT2D eigenvalue weighted by Gasteiger charge is -2.13. The van der Waals surface area contributed by atoms with E-state index in [1.165, 1.54) is 6.07 Å². The van der Waals surface area contributed by atoms with Crippen molar-refractivity contribution < 1.29 is 32.3 Å². The van der Waals surface area contributed by atoms with Crippen molar-refractivity contribution in [3.63, 3.8) is 0 Å². The highest BCUT2D eigenvalue weighted by Crippen LogP contribution is 2.39. The Bertz CT molecular complexity index is 670. The molecule has 1 aromatic heterocycles. The summed E-state index contributed by atoms with van der Waals surface area (Å²) >= 11 is 0. The minimum absolute atomic E-state index is 0.187. The molecule has 7 heteroatoms. The van der Waals surface area contributed by atoms with E-state index in [0.717, 1.165) is 24.3 Å². The number of hydrogen-bond donors (Lipinski definition) is 1. The van der Waals surface area contributed by atoms with Gasteiger partial charge in [-0.1, -0.05) is 6.07 Å². The lowest BCUT2D eigenvalue weighted by molar-refractivity contribution is -0.137. The van der Waals surface area contributed by atoms with E-state index < -0.39 is 28.8 Å². The van der Waals surface area contributed by atoms with Gasteiger partial charge in [0.2, 0.25) is 0 Å². The van der Waals surface area contributed by atoms with Gasteiger partial charge in [0.1, 0.15) is 5.76 Å². The molecule has 1 aromatic carbocycles. The fourth-order valence-electron chi connectivity index (χ4n) is 1.78. The first-order valence-electron chi connectivity index (χ1n) is 5.33. The summed E-state index contributed by atoms with van der Waals surface area (Å²) in [7, 11) is 0. The van der Waals surface area contributed by atoms with Gasteiger partial charge in [-0.2, -0.15) is 13.2 Å². The molecule has 0 amide bonds. The quantitative estimate of drug-likeness (QED) is 0.876. The van der Waals surface area contributed by atoms with Crippen LogP contribution in [0.5, 0.6) is 0 Å². The second-order valence-corrected chi connectivity index (χ2v) is 3.85. The number of carboxylic acids is 1. The number of carbonyl (C=O) groups excluding carboxylic acids is 1. The highest BCUT2D eigenvalue weighted by molar-refractivity contribution is 5.96. The molecule has 1 N–H and O–H groups in total. The Morgan fingerprint density at radius 1 is 1.20 bits per heavy atom. The maximum atomic E-state index is 13.0. The van der Waals surface area contributed by atoms with Gasteiger partial charge in [-0.3, -0.25) is 4.79 Å². The minimum atomic E-state index is -4.74. The van der Waals surface area contributed by atoms with Gasteiger partial charge in [-0.15, -0.1) is 0 Å². The molecule has 0 aliphatic carbocycles. The van der Waals surface area contributed by atoms with Gasteiger partial charge < -0.3 is 9.52 Å². The van der Waals surface area contributed by atoms with Crippen LogP contribution in [0.3, 0.4) is 0 Å². The molecule has 20 heavy (non-hydrogen) atoms. The fourth-order valence-corrected chi connectivity index (χ4v) is 1.78. The maximum absolute atomic E-state index is 13.0. The summed E-state index contributed by atoms with van der Waals surface area (Å²) in [5, 5.41) is 9.00. The number of furan rings is 1. The topological polar surface area (TPSA) is 67.5 Å². The molecule has 0 saturated heterocycles. The average molecular weight is 284 g/mol. The molecule has 0 unspecified atom stereocenters. The lowest BCUT2D eigenvalue weighted by atomic mass is 9.98. The van der Waals surface area contributed by atoms with Crippen LogP contribution in [0, 0.1) is 0 Å². The second kappa shape index (κ2) is 4.84. The van der Waals surface area contributed by atoms with E-state index in [9.17, 15) is 22.8 Å². The van der Waals surface area contributed by atoms with Gasteiger partial charge in [-0.25, -0.2) is 4.79 Å². The SMILES string of the molecule is O=Cc1ccc(-c2c(C(=O)O)cccc2C(F)(F)F)o1. The Balaban J connectivity index is 2.76. The molecule has 0 radical (unpaired) electrons. The molecule has 104 valence electrons. The number of benzene rings is 1. The van der Waals surface area contributed by atoms with Crippen molar-refractivity contribution in [2.75, 3.05) is 0 Å². The lowest BCUT2D eigenvalue weighted by Crippen LogP contribution is -2.11. The molecule has 4 nitrogen and oxygen atoms in total. The monoisotopic (exact) mass is 284 g/mol. The summed E-state index contributed by atoms with van der Waals surface area (Å²) in [5.74, 6) is -2.03. The zero-order valence-electron chi connectivity index (χ0n) is 9.77. The fraction of sp³-hybridized carbons (Fsp3) is 0.0769. The van der Waals surface area contributed by atoms with Crippen LogP contribution in [0.4, 0.5) is 13.2 Å². The normalized spacial score (nSPS) is 11.3. The number of aldehydes is 1. The number of halogens is 3. The number of alkyl halides is 3. The van der Waals surface area contributed by atoms with Crippen LogP contribution < -0.4 is 0 Å². The van der Waals surface area contributed by atoms with Crippen molar-refractivity contribution in [2.45, 2.75) is 6.18 Å². The Labute approximate surface area is 110 Å². The van der Waals surface area contributed by atoms with Crippen molar-refractivity contribution in [1.82, 2.24) is 0 Å². The summed E-state index contributed by atoms with van der Waals surface area (Å²) in [6.45, 7) is 0. The number of carboxylic acid groups (broad SMARTS) is 1. The van der Waals surface area contributed by atoms with Crippen molar-refractivity contribution in [1.29, 1.82) is 0 Å². The van der Waals surface area contributed by atoms with Crippen LogP contribution in [-0.4, -0.2) is 17.4 Å². The predicted molar refractivity (Wildman–Crippen MR) is 61.5 cm³/mol. The van der Waals surface area contributed by atoms with Gasteiger partial charge in [0.05, 0.1) is 11.1 Å². The van der Waals surface area contributed by atoms with Crippen LogP contribution in [0.2, 0.25) is 0 Å². The van der Waals surface area contributed by atoms with Crippen LogP contribution >= 0.6 is 0 Å². The highest BCUT2D eigenvalue weighted by Gasteiger charge is 2.36. The first kappa shape index (κ1) is 13.9. The largest absolute Gasteiger partial charge is 0.478 e. The smallest absolute Gasteiger partial charge is 0.417 e. The molecule has 2 aromatic rings. The molecule has 0 aliphatic heterocycles. The second-order valence-electron chi connectivity index (χ2n) is 3.85. The van der Waals surface area contributed by atoms with Gasteiger partial charge in [0.15, 0.2) is 12.0 Å². The number of carbonyl (C=O) groups is 2. The maximum Gasteiger partial charge on any atom is 0.417 e. The van der Waals surface area contributed by atoms with E-state index in [1.54, 1.807) is 0 Å². The molecular formula is C13H7F3O4. The first-order chi connectivity index (χ1) is 9.34. The zero-order valence-corrected chi connectivity index (χ0v) is 9.77. The van der Waals surface area contributed by atoms with E-state index in [-0.39, 0.29) is 11.5 Å². The third kappa shape index (κ3) is 2.42. The third-order valence-electron chi connectivity index (χ3n) is 2.59. The van der Waals surface area contributed by atoms with Crippen molar-refractivity contribution >= 4 is 12.3 Å². The van der Waals surface area contributed by atoms with Crippen molar-refractivity contribution in [3.05, 3.63) is 47.2 Å². The van der Waals surface area contributed by atoms with Gasteiger partial charge >= 0.3 is 12.1 Å². The summed E-state index contributed by atoms with van der Waals surface area (Å²) in [6.07, 6.45) is -4.42. The molecule has 1 heterocycles. The average Bonchev–Trinajstić information content (AvgIpc) is 2.85. The molecule has 2 rings (SSSR count).